The number of rotatable bonds is 1. The van der Waals surface area contributed by atoms with Crippen molar-refractivity contribution in [3.8, 4) is 6.07 Å². The molecule has 15 heavy (non-hydrogen) atoms. The second kappa shape index (κ2) is 3.35. The number of hydrogen-bond donors (Lipinski definition) is 1. The lowest BCUT2D eigenvalue weighted by atomic mass is 10.00. The summed E-state index contributed by atoms with van der Waals surface area (Å²) in [4.78, 5) is 35.3. The lowest BCUT2D eigenvalue weighted by Gasteiger charge is -2.14. The summed E-state index contributed by atoms with van der Waals surface area (Å²) in [6.45, 7) is 0.505. The third-order valence-electron chi connectivity index (χ3n) is 2.82. The molecule has 0 aliphatic carbocycles. The van der Waals surface area contributed by atoms with Crippen LogP contribution in [0, 0.1) is 23.2 Å². The zero-order chi connectivity index (χ0) is 11.0. The molecule has 6 heteroatoms. The van der Waals surface area contributed by atoms with E-state index in [4.69, 9.17) is 5.26 Å². The molecule has 3 amide bonds. The van der Waals surface area contributed by atoms with Crippen molar-refractivity contribution in [2.75, 3.05) is 13.1 Å². The van der Waals surface area contributed by atoms with Gasteiger partial charge in [0.25, 0.3) is 0 Å². The van der Waals surface area contributed by atoms with Crippen molar-refractivity contribution in [2.45, 2.75) is 6.42 Å². The van der Waals surface area contributed by atoms with Gasteiger partial charge in [0.15, 0.2) is 0 Å². The second-order valence-electron chi connectivity index (χ2n) is 3.70. The lowest BCUT2D eigenvalue weighted by Crippen LogP contribution is -2.34. The van der Waals surface area contributed by atoms with E-state index in [1.165, 1.54) is 4.90 Å². The number of likely N-dealkylation sites (tertiary alicyclic amines) is 1. The zero-order valence-corrected chi connectivity index (χ0v) is 7.90. The number of carbonyl (C=O) groups is 3. The maximum atomic E-state index is 11.4. The van der Waals surface area contributed by atoms with Gasteiger partial charge in [-0.1, -0.05) is 0 Å². The van der Waals surface area contributed by atoms with E-state index < -0.39 is 11.8 Å². The van der Waals surface area contributed by atoms with Crippen molar-refractivity contribution in [1.29, 1.82) is 5.26 Å². The molecule has 2 aliphatic heterocycles. The summed E-state index contributed by atoms with van der Waals surface area (Å²) in [5, 5.41) is 10.6. The van der Waals surface area contributed by atoms with Crippen LogP contribution >= 0.6 is 0 Å². The van der Waals surface area contributed by atoms with Gasteiger partial charge in [0, 0.05) is 13.1 Å². The van der Waals surface area contributed by atoms with Gasteiger partial charge in [-0.3, -0.25) is 19.7 Å². The van der Waals surface area contributed by atoms with Crippen LogP contribution in [-0.4, -0.2) is 35.7 Å². The largest absolute Gasteiger partial charge is 0.340 e. The van der Waals surface area contributed by atoms with E-state index in [-0.39, 0.29) is 37.2 Å². The SMILES string of the molecule is N#CCC(=O)N1C[C@@H]2C(=O)NC(=O)[C@H]2C1. The van der Waals surface area contributed by atoms with Crippen LogP contribution in [0.3, 0.4) is 0 Å². The molecule has 1 N–H and O–H groups in total. The average Bonchev–Trinajstić information content (AvgIpc) is 2.70. The second-order valence-corrected chi connectivity index (χ2v) is 3.70. The van der Waals surface area contributed by atoms with Crippen LogP contribution in [0.15, 0.2) is 0 Å². The Morgan fingerprint density at radius 2 is 1.93 bits per heavy atom. The third kappa shape index (κ3) is 1.46. The van der Waals surface area contributed by atoms with Gasteiger partial charge in [0.2, 0.25) is 17.7 Å². The predicted molar refractivity (Wildman–Crippen MR) is 46.9 cm³/mol. The molecule has 2 heterocycles. The molecule has 6 nitrogen and oxygen atoms in total. The highest BCUT2D eigenvalue weighted by Gasteiger charge is 2.48. The van der Waals surface area contributed by atoms with Gasteiger partial charge in [-0.05, 0) is 0 Å². The molecule has 2 aliphatic rings. The quantitative estimate of drug-likeness (QED) is 0.537. The number of fused-ring (bicyclic) bond motifs is 1. The summed E-state index contributed by atoms with van der Waals surface area (Å²) in [6.07, 6.45) is -0.199. The third-order valence-corrected chi connectivity index (χ3v) is 2.82. The van der Waals surface area contributed by atoms with E-state index in [0.29, 0.717) is 0 Å². The van der Waals surface area contributed by atoms with Crippen LogP contribution in [-0.2, 0) is 14.4 Å². The van der Waals surface area contributed by atoms with Crippen molar-refractivity contribution in [1.82, 2.24) is 10.2 Å². The number of nitriles is 1. The maximum Gasteiger partial charge on any atom is 0.236 e. The summed E-state index contributed by atoms with van der Waals surface area (Å²) in [5.74, 6) is -1.76. The minimum absolute atomic E-state index is 0.199. The van der Waals surface area contributed by atoms with E-state index in [2.05, 4.69) is 5.32 Å². The highest BCUT2D eigenvalue weighted by molar-refractivity contribution is 6.06. The van der Waals surface area contributed by atoms with Crippen molar-refractivity contribution < 1.29 is 14.4 Å². The van der Waals surface area contributed by atoms with Crippen LogP contribution in [0.25, 0.3) is 0 Å². The molecule has 2 rings (SSSR count). The molecular formula is C9H9N3O3. The molecular weight excluding hydrogens is 198 g/mol. The standard InChI is InChI=1S/C9H9N3O3/c10-2-1-7(13)12-3-5-6(4-12)9(15)11-8(5)14/h5-6H,1,3-4H2,(H,11,14,15)/t5-,6-/m0/s1. The fraction of sp³-hybridized carbons (Fsp3) is 0.556. The van der Waals surface area contributed by atoms with Crippen LogP contribution in [0.5, 0.6) is 0 Å². The van der Waals surface area contributed by atoms with Gasteiger partial charge in [0.05, 0.1) is 17.9 Å². The fourth-order valence-corrected chi connectivity index (χ4v) is 2.03. The molecule has 0 aromatic rings. The Morgan fingerprint density at radius 1 is 1.40 bits per heavy atom. The number of hydrogen-bond acceptors (Lipinski definition) is 4. The molecule has 0 aromatic heterocycles. The topological polar surface area (TPSA) is 90.3 Å². The number of amides is 3. The summed E-state index contributed by atoms with van der Waals surface area (Å²) in [6, 6.07) is 1.76. The monoisotopic (exact) mass is 207 g/mol. The summed E-state index contributed by atoms with van der Waals surface area (Å²) in [7, 11) is 0. The number of nitrogens with zero attached hydrogens (tertiary/aromatic N) is 2. The van der Waals surface area contributed by atoms with E-state index in [1.54, 1.807) is 6.07 Å². The molecule has 2 fully saturated rings. The first-order chi connectivity index (χ1) is 7.13. The number of nitrogens with one attached hydrogen (secondary N) is 1. The van der Waals surface area contributed by atoms with E-state index >= 15 is 0 Å². The summed E-state index contributed by atoms with van der Waals surface area (Å²) >= 11 is 0. The summed E-state index contributed by atoms with van der Waals surface area (Å²) < 4.78 is 0. The van der Waals surface area contributed by atoms with Gasteiger partial charge in [-0.15, -0.1) is 0 Å². The number of imide groups is 1. The first-order valence-electron chi connectivity index (χ1n) is 4.63. The average molecular weight is 207 g/mol. The molecule has 0 spiro atoms. The minimum Gasteiger partial charge on any atom is -0.340 e. The molecule has 78 valence electrons. The van der Waals surface area contributed by atoms with Crippen LogP contribution in [0.1, 0.15) is 6.42 Å². The molecule has 0 aromatic carbocycles. The maximum absolute atomic E-state index is 11.4. The Morgan fingerprint density at radius 3 is 2.40 bits per heavy atom. The fourth-order valence-electron chi connectivity index (χ4n) is 2.03. The molecule has 0 bridgehead atoms. The van der Waals surface area contributed by atoms with Gasteiger partial charge in [-0.25, -0.2) is 0 Å². The highest BCUT2D eigenvalue weighted by atomic mass is 16.2. The van der Waals surface area contributed by atoms with Crippen molar-refractivity contribution >= 4 is 17.7 Å². The van der Waals surface area contributed by atoms with Gasteiger partial charge < -0.3 is 4.90 Å². The number of carbonyl (C=O) groups excluding carboxylic acids is 3. The van der Waals surface area contributed by atoms with E-state index in [9.17, 15) is 14.4 Å². The molecule has 0 saturated carbocycles. The normalized spacial score (nSPS) is 28.6. The molecule has 2 saturated heterocycles. The molecule has 0 unspecified atom stereocenters. The Labute approximate surface area is 85.8 Å². The summed E-state index contributed by atoms with van der Waals surface area (Å²) in [5.41, 5.74) is 0. The van der Waals surface area contributed by atoms with Crippen LogP contribution in [0.4, 0.5) is 0 Å². The first kappa shape index (κ1) is 9.65. The Balaban J connectivity index is 2.07. The molecule has 0 radical (unpaired) electrons. The Hall–Kier alpha value is -1.90. The Kier molecular flexibility index (Phi) is 2.15. The lowest BCUT2D eigenvalue weighted by molar-refractivity contribution is -0.130. The van der Waals surface area contributed by atoms with Gasteiger partial charge >= 0.3 is 0 Å². The van der Waals surface area contributed by atoms with E-state index in [1.807, 2.05) is 0 Å². The van der Waals surface area contributed by atoms with Crippen LogP contribution in [0.2, 0.25) is 0 Å². The Bertz CT molecular complexity index is 363. The first-order valence-corrected chi connectivity index (χ1v) is 4.63. The predicted octanol–water partition coefficient (Wildman–Crippen LogP) is -1.37. The minimum atomic E-state index is -0.417. The van der Waals surface area contributed by atoms with E-state index in [0.717, 1.165) is 0 Å². The van der Waals surface area contributed by atoms with Gasteiger partial charge in [-0.2, -0.15) is 5.26 Å². The van der Waals surface area contributed by atoms with Gasteiger partial charge in [0.1, 0.15) is 6.42 Å². The van der Waals surface area contributed by atoms with Crippen LogP contribution < -0.4 is 5.32 Å². The van der Waals surface area contributed by atoms with Crippen molar-refractivity contribution in [2.24, 2.45) is 11.8 Å². The smallest absolute Gasteiger partial charge is 0.236 e. The zero-order valence-electron chi connectivity index (χ0n) is 7.90. The van der Waals surface area contributed by atoms with Crippen molar-refractivity contribution in [3.63, 3.8) is 0 Å². The highest BCUT2D eigenvalue weighted by Crippen LogP contribution is 2.28. The van der Waals surface area contributed by atoms with Crippen molar-refractivity contribution in [3.05, 3.63) is 0 Å². The molecule has 2 atom stereocenters.